The number of para-hydroxylation sites is 1. The van der Waals surface area contributed by atoms with Gasteiger partial charge >= 0.3 is 0 Å². The molecule has 0 saturated carbocycles. The summed E-state index contributed by atoms with van der Waals surface area (Å²) in [6.07, 6.45) is 1.68. The minimum absolute atomic E-state index is 0.313. The van der Waals surface area contributed by atoms with E-state index < -0.39 is 5.91 Å². The Kier molecular flexibility index (Phi) is 3.47. The molecular weight excluding hydrogens is 248 g/mol. The Bertz CT molecular complexity index is 600. The number of hydrogen-bond donors (Lipinski definition) is 2. The van der Waals surface area contributed by atoms with Gasteiger partial charge in [-0.2, -0.15) is 0 Å². The normalized spacial score (nSPS) is 10.3. The molecule has 92 valence electrons. The average Bonchev–Trinajstić information content (AvgIpc) is 2.31. The Morgan fingerprint density at radius 3 is 2.78 bits per heavy atom. The molecule has 0 aliphatic rings. The molecule has 5 nitrogen and oxygen atoms in total. The van der Waals surface area contributed by atoms with Crippen LogP contribution in [0.4, 0.5) is 5.69 Å². The van der Waals surface area contributed by atoms with Crippen LogP contribution in [0.25, 0.3) is 0 Å². The second-order valence-corrected chi connectivity index (χ2v) is 4.67. The number of nitrogens with zero attached hydrogens (tertiary/aromatic N) is 2. The summed E-state index contributed by atoms with van der Waals surface area (Å²) >= 11 is 1.30. The smallest absolute Gasteiger partial charge is 0.250 e. The standard InChI is InChI=1S/C12H12N4OS/c1-7-5-6-15-12(16-7)18-9-4-2-3-8(10(9)13)11(14)17/h2-6H,13H2,1H3,(H2,14,17). The van der Waals surface area contributed by atoms with Gasteiger partial charge in [-0.25, -0.2) is 9.97 Å². The summed E-state index contributed by atoms with van der Waals surface area (Å²) in [4.78, 5) is 20.3. The molecule has 1 amide bonds. The van der Waals surface area contributed by atoms with Crippen molar-refractivity contribution >= 4 is 23.4 Å². The van der Waals surface area contributed by atoms with Crippen molar-refractivity contribution in [1.82, 2.24) is 9.97 Å². The SMILES string of the molecule is Cc1ccnc(Sc2cccc(C(N)=O)c2N)n1. The van der Waals surface area contributed by atoms with Crippen LogP contribution in [0.15, 0.2) is 40.5 Å². The van der Waals surface area contributed by atoms with E-state index in [1.54, 1.807) is 24.4 Å². The van der Waals surface area contributed by atoms with Gasteiger partial charge in [0, 0.05) is 16.8 Å². The van der Waals surface area contributed by atoms with Crippen molar-refractivity contribution in [2.75, 3.05) is 5.73 Å². The van der Waals surface area contributed by atoms with Crippen molar-refractivity contribution in [2.45, 2.75) is 17.0 Å². The monoisotopic (exact) mass is 260 g/mol. The predicted molar refractivity (Wildman–Crippen MR) is 70.3 cm³/mol. The fraction of sp³-hybridized carbons (Fsp3) is 0.0833. The maximum atomic E-state index is 11.2. The topological polar surface area (TPSA) is 94.9 Å². The van der Waals surface area contributed by atoms with Gasteiger partial charge in [0.05, 0.1) is 11.3 Å². The molecule has 0 aliphatic carbocycles. The number of nitrogens with two attached hydrogens (primary N) is 2. The van der Waals surface area contributed by atoms with Gasteiger partial charge in [-0.1, -0.05) is 6.07 Å². The van der Waals surface area contributed by atoms with Crippen LogP contribution >= 0.6 is 11.8 Å². The Balaban J connectivity index is 2.35. The summed E-state index contributed by atoms with van der Waals surface area (Å²) in [5.74, 6) is -0.542. The lowest BCUT2D eigenvalue weighted by atomic mass is 10.2. The Hall–Kier alpha value is -2.08. The van der Waals surface area contributed by atoms with Gasteiger partial charge in [0.15, 0.2) is 5.16 Å². The van der Waals surface area contributed by atoms with Crippen LogP contribution in [0.3, 0.4) is 0 Å². The fourth-order valence-electron chi connectivity index (χ4n) is 1.42. The number of anilines is 1. The summed E-state index contributed by atoms with van der Waals surface area (Å²) < 4.78 is 0. The second kappa shape index (κ2) is 5.05. The maximum absolute atomic E-state index is 11.2. The van der Waals surface area contributed by atoms with E-state index in [2.05, 4.69) is 9.97 Å². The van der Waals surface area contributed by atoms with Gasteiger partial charge in [-0.05, 0) is 36.9 Å². The van der Waals surface area contributed by atoms with Crippen LogP contribution in [0.1, 0.15) is 16.1 Å². The Morgan fingerprint density at radius 1 is 1.33 bits per heavy atom. The molecule has 4 N–H and O–H groups in total. The summed E-state index contributed by atoms with van der Waals surface area (Å²) in [6, 6.07) is 6.94. The number of carbonyl (C=O) groups excluding carboxylic acids is 1. The van der Waals surface area contributed by atoms with Crippen LogP contribution in [-0.2, 0) is 0 Å². The highest BCUT2D eigenvalue weighted by atomic mass is 32.2. The van der Waals surface area contributed by atoms with Crippen LogP contribution in [0, 0.1) is 6.92 Å². The summed E-state index contributed by atoms with van der Waals surface area (Å²) in [6.45, 7) is 1.88. The first-order valence-electron chi connectivity index (χ1n) is 5.23. The van der Waals surface area contributed by atoms with Crippen LogP contribution in [0.2, 0.25) is 0 Å². The average molecular weight is 260 g/mol. The van der Waals surface area contributed by atoms with Gasteiger partial charge in [0.25, 0.3) is 5.91 Å². The summed E-state index contributed by atoms with van der Waals surface area (Å²) in [5.41, 5.74) is 12.7. The Labute approximate surface area is 109 Å². The van der Waals surface area contributed by atoms with E-state index in [0.717, 1.165) is 10.6 Å². The lowest BCUT2D eigenvalue weighted by Crippen LogP contribution is -2.13. The van der Waals surface area contributed by atoms with Crippen LogP contribution in [-0.4, -0.2) is 15.9 Å². The molecule has 0 fully saturated rings. The molecule has 1 aromatic heterocycles. The van der Waals surface area contributed by atoms with Crippen molar-refractivity contribution in [3.63, 3.8) is 0 Å². The third kappa shape index (κ3) is 2.60. The van der Waals surface area contributed by atoms with Gasteiger partial charge in [-0.3, -0.25) is 4.79 Å². The maximum Gasteiger partial charge on any atom is 0.250 e. The molecule has 1 aromatic carbocycles. The number of amides is 1. The highest BCUT2D eigenvalue weighted by molar-refractivity contribution is 7.99. The zero-order valence-corrected chi connectivity index (χ0v) is 10.6. The van der Waals surface area contributed by atoms with E-state index >= 15 is 0 Å². The van der Waals surface area contributed by atoms with Crippen LogP contribution in [0.5, 0.6) is 0 Å². The first-order chi connectivity index (χ1) is 8.58. The molecule has 0 aliphatic heterocycles. The van der Waals surface area contributed by atoms with Gasteiger partial charge in [0.1, 0.15) is 0 Å². The molecule has 0 unspecified atom stereocenters. The van der Waals surface area contributed by atoms with E-state index in [0.29, 0.717) is 16.4 Å². The molecule has 0 radical (unpaired) electrons. The lowest BCUT2D eigenvalue weighted by molar-refractivity contribution is 0.100. The molecule has 0 saturated heterocycles. The van der Waals surface area contributed by atoms with E-state index in [1.165, 1.54) is 11.8 Å². The second-order valence-electron chi connectivity index (χ2n) is 3.66. The van der Waals surface area contributed by atoms with Gasteiger partial charge < -0.3 is 11.5 Å². The summed E-state index contributed by atoms with van der Waals surface area (Å²) in [7, 11) is 0. The predicted octanol–water partition coefficient (Wildman–Crippen LogP) is 1.62. The van der Waals surface area contributed by atoms with Gasteiger partial charge in [-0.15, -0.1) is 0 Å². The number of primary amides is 1. The third-order valence-electron chi connectivity index (χ3n) is 2.31. The molecule has 0 bridgehead atoms. The first kappa shape index (κ1) is 12.4. The first-order valence-corrected chi connectivity index (χ1v) is 6.05. The van der Waals surface area contributed by atoms with Crippen molar-refractivity contribution in [2.24, 2.45) is 5.73 Å². The molecular formula is C12H12N4OS. The number of nitrogen functional groups attached to an aromatic ring is 1. The number of carbonyl (C=O) groups is 1. The van der Waals surface area contributed by atoms with Gasteiger partial charge in [0.2, 0.25) is 0 Å². The van der Waals surface area contributed by atoms with Crippen molar-refractivity contribution < 1.29 is 4.79 Å². The molecule has 2 rings (SSSR count). The fourth-order valence-corrected chi connectivity index (χ4v) is 2.29. The number of rotatable bonds is 3. The van der Waals surface area contributed by atoms with E-state index in [4.69, 9.17) is 11.5 Å². The Morgan fingerprint density at radius 2 is 2.11 bits per heavy atom. The summed E-state index contributed by atoms with van der Waals surface area (Å²) in [5, 5.41) is 0.586. The molecule has 0 spiro atoms. The highest BCUT2D eigenvalue weighted by Gasteiger charge is 2.11. The van der Waals surface area contributed by atoms with E-state index in [1.807, 2.05) is 13.0 Å². The minimum Gasteiger partial charge on any atom is -0.397 e. The largest absolute Gasteiger partial charge is 0.397 e. The number of aromatic nitrogens is 2. The molecule has 2 aromatic rings. The number of benzene rings is 1. The highest BCUT2D eigenvalue weighted by Crippen LogP contribution is 2.31. The van der Waals surface area contributed by atoms with E-state index in [9.17, 15) is 4.79 Å². The van der Waals surface area contributed by atoms with Crippen molar-refractivity contribution in [3.8, 4) is 0 Å². The van der Waals surface area contributed by atoms with Crippen LogP contribution < -0.4 is 11.5 Å². The molecule has 18 heavy (non-hydrogen) atoms. The van der Waals surface area contributed by atoms with Crippen molar-refractivity contribution in [3.05, 3.63) is 41.7 Å². The number of aryl methyl sites for hydroxylation is 1. The molecule has 0 atom stereocenters. The third-order valence-corrected chi connectivity index (χ3v) is 3.26. The number of hydrogen-bond acceptors (Lipinski definition) is 5. The molecule has 1 heterocycles. The lowest BCUT2D eigenvalue weighted by Gasteiger charge is -2.07. The zero-order valence-electron chi connectivity index (χ0n) is 9.75. The minimum atomic E-state index is -0.542. The van der Waals surface area contributed by atoms with Crippen molar-refractivity contribution in [1.29, 1.82) is 0 Å². The quantitative estimate of drug-likeness (QED) is 0.646. The zero-order chi connectivity index (χ0) is 13.1. The molecule has 6 heteroatoms. The van der Waals surface area contributed by atoms with E-state index in [-0.39, 0.29) is 0 Å².